The van der Waals surface area contributed by atoms with Crippen LogP contribution in [0.1, 0.15) is 19.4 Å². The molecule has 0 saturated heterocycles. The first-order valence-corrected chi connectivity index (χ1v) is 5.69. The maximum absolute atomic E-state index is 11.6. The summed E-state index contributed by atoms with van der Waals surface area (Å²) < 4.78 is 5.30. The number of benzene rings is 1. The van der Waals surface area contributed by atoms with Gasteiger partial charge in [0.25, 0.3) is 5.91 Å². The number of nitrogens with two attached hydrogens (primary N) is 1. The molecule has 5 nitrogen and oxygen atoms in total. The molecule has 94 valence electrons. The number of carbonyl (C=O) groups is 1. The Kier molecular flexibility index (Phi) is 2.97. The van der Waals surface area contributed by atoms with Crippen molar-refractivity contribution < 1.29 is 9.53 Å². The zero-order valence-corrected chi connectivity index (χ0v) is 10.4. The molecule has 0 radical (unpaired) electrons. The van der Waals surface area contributed by atoms with E-state index in [1.165, 1.54) is 0 Å². The van der Waals surface area contributed by atoms with E-state index in [9.17, 15) is 4.79 Å². The highest BCUT2D eigenvalue weighted by Crippen LogP contribution is 2.35. The molecule has 1 aliphatic heterocycles. The fraction of sp³-hybridized carbons (Fsp3) is 0.385. The Morgan fingerprint density at radius 1 is 1.56 bits per heavy atom. The second-order valence-electron chi connectivity index (χ2n) is 4.89. The van der Waals surface area contributed by atoms with Crippen LogP contribution in [0.2, 0.25) is 0 Å². The Labute approximate surface area is 106 Å². The lowest BCUT2D eigenvalue weighted by atomic mass is 9.84. The van der Waals surface area contributed by atoms with E-state index in [1.54, 1.807) is 12.1 Å². The van der Waals surface area contributed by atoms with Crippen LogP contribution in [0, 0.1) is 11.5 Å². The minimum atomic E-state index is -0.354. The summed E-state index contributed by atoms with van der Waals surface area (Å²) in [5, 5.41) is 9.03. The van der Waals surface area contributed by atoms with E-state index in [2.05, 4.69) is 0 Å². The van der Waals surface area contributed by atoms with E-state index in [4.69, 9.17) is 15.7 Å². The van der Waals surface area contributed by atoms with E-state index in [0.717, 1.165) is 10.5 Å². The predicted molar refractivity (Wildman–Crippen MR) is 67.1 cm³/mol. The van der Waals surface area contributed by atoms with Crippen LogP contribution in [-0.4, -0.2) is 19.1 Å². The maximum Gasteiger partial charge on any atom is 0.278 e. The Morgan fingerprint density at radius 2 is 2.28 bits per heavy atom. The maximum atomic E-state index is 11.6. The molecule has 0 spiro atoms. The zero-order valence-electron chi connectivity index (χ0n) is 10.4. The van der Waals surface area contributed by atoms with E-state index in [-0.39, 0.29) is 17.9 Å². The van der Waals surface area contributed by atoms with Crippen molar-refractivity contribution in [3.63, 3.8) is 0 Å². The fourth-order valence-corrected chi connectivity index (χ4v) is 1.80. The quantitative estimate of drug-likeness (QED) is 0.792. The highest BCUT2D eigenvalue weighted by Gasteiger charge is 2.28. The van der Waals surface area contributed by atoms with Gasteiger partial charge in [0.1, 0.15) is 11.4 Å². The molecule has 0 aliphatic carbocycles. The van der Waals surface area contributed by atoms with Gasteiger partial charge in [0, 0.05) is 12.0 Å². The summed E-state index contributed by atoms with van der Waals surface area (Å²) in [5.41, 5.74) is 6.99. The van der Waals surface area contributed by atoms with Gasteiger partial charge in [-0.15, -0.1) is 0 Å². The van der Waals surface area contributed by atoms with Gasteiger partial charge in [-0.1, -0.05) is 19.9 Å². The summed E-state index contributed by atoms with van der Waals surface area (Å²) in [7, 11) is 0. The third-order valence-corrected chi connectivity index (χ3v) is 3.19. The lowest BCUT2D eigenvalue weighted by molar-refractivity contribution is -0.120. The predicted octanol–water partition coefficient (Wildman–Crippen LogP) is 1.13. The molecular formula is C13H15N3O2. The van der Waals surface area contributed by atoms with Gasteiger partial charge in [0.05, 0.1) is 0 Å². The molecule has 1 heterocycles. The first-order valence-electron chi connectivity index (χ1n) is 5.69. The van der Waals surface area contributed by atoms with Gasteiger partial charge >= 0.3 is 0 Å². The highest BCUT2D eigenvalue weighted by atomic mass is 16.5. The van der Waals surface area contributed by atoms with E-state index in [1.807, 2.05) is 26.1 Å². The molecule has 0 bridgehead atoms. The largest absolute Gasteiger partial charge is 0.481 e. The molecule has 1 amide bonds. The van der Waals surface area contributed by atoms with Crippen molar-refractivity contribution in [2.45, 2.75) is 19.3 Å². The van der Waals surface area contributed by atoms with Gasteiger partial charge in [0.15, 0.2) is 12.8 Å². The number of nitrogens with zero attached hydrogens (tertiary/aromatic N) is 2. The molecule has 18 heavy (non-hydrogen) atoms. The van der Waals surface area contributed by atoms with Crippen molar-refractivity contribution in [2.75, 3.05) is 18.1 Å². The van der Waals surface area contributed by atoms with Gasteiger partial charge in [-0.05, 0) is 17.7 Å². The Morgan fingerprint density at radius 3 is 2.89 bits per heavy atom. The summed E-state index contributed by atoms with van der Waals surface area (Å²) >= 11 is 0. The molecule has 2 rings (SSSR count). The molecular weight excluding hydrogens is 230 g/mol. The minimum absolute atomic E-state index is 0.0970. The number of amides is 1. The lowest BCUT2D eigenvalue weighted by Gasteiger charge is -2.28. The molecule has 0 aromatic heterocycles. The zero-order chi connectivity index (χ0) is 13.3. The van der Waals surface area contributed by atoms with E-state index >= 15 is 0 Å². The number of ether oxygens (including phenoxy) is 1. The van der Waals surface area contributed by atoms with Gasteiger partial charge in [-0.3, -0.25) is 4.79 Å². The van der Waals surface area contributed by atoms with E-state index in [0.29, 0.717) is 18.0 Å². The third kappa shape index (κ3) is 1.91. The number of carbonyl (C=O) groups excluding carboxylic acids is 1. The van der Waals surface area contributed by atoms with Crippen LogP contribution >= 0.6 is 0 Å². The van der Waals surface area contributed by atoms with Crippen molar-refractivity contribution in [1.82, 2.24) is 0 Å². The van der Waals surface area contributed by atoms with Gasteiger partial charge in [-0.2, -0.15) is 5.26 Å². The molecule has 0 fully saturated rings. The third-order valence-electron chi connectivity index (χ3n) is 3.19. The van der Waals surface area contributed by atoms with Crippen LogP contribution in [0.3, 0.4) is 0 Å². The van der Waals surface area contributed by atoms with Gasteiger partial charge < -0.3 is 10.5 Å². The summed E-state index contributed by atoms with van der Waals surface area (Å²) in [6.07, 6.45) is 1.88. The first-order chi connectivity index (χ1) is 8.49. The highest BCUT2D eigenvalue weighted by molar-refractivity contribution is 6.00. The lowest BCUT2D eigenvalue weighted by Crippen LogP contribution is -2.35. The molecule has 5 heteroatoms. The number of hydrogen-bond donors (Lipinski definition) is 1. The minimum Gasteiger partial charge on any atom is -0.481 e. The van der Waals surface area contributed by atoms with Gasteiger partial charge in [-0.25, -0.2) is 4.90 Å². The van der Waals surface area contributed by atoms with Crippen molar-refractivity contribution >= 4 is 11.6 Å². The van der Waals surface area contributed by atoms with Crippen LogP contribution in [0.15, 0.2) is 18.2 Å². The SMILES string of the molecule is CC(C)(CN)c1ccc2c(c1)N(C#N)C(=O)CO2. The first kappa shape index (κ1) is 12.4. The number of fused-ring (bicyclic) bond motifs is 1. The van der Waals surface area contributed by atoms with Crippen LogP contribution in [0.4, 0.5) is 5.69 Å². The van der Waals surface area contributed by atoms with Crippen LogP contribution in [0.25, 0.3) is 0 Å². The summed E-state index contributed by atoms with van der Waals surface area (Å²) in [6, 6.07) is 5.48. The fourth-order valence-electron chi connectivity index (χ4n) is 1.80. The van der Waals surface area contributed by atoms with Crippen LogP contribution in [0.5, 0.6) is 5.75 Å². The Balaban J connectivity index is 2.51. The summed E-state index contributed by atoms with van der Waals surface area (Å²) in [4.78, 5) is 12.6. The standard InChI is InChI=1S/C13H15N3O2/c1-13(2,7-14)9-3-4-11-10(5-9)16(8-15)12(17)6-18-11/h3-5H,6-7,14H2,1-2H3. The molecule has 1 aliphatic rings. The van der Waals surface area contributed by atoms with Crippen molar-refractivity contribution in [2.24, 2.45) is 5.73 Å². The molecule has 1 aromatic rings. The molecule has 0 saturated carbocycles. The molecule has 0 unspecified atom stereocenters. The van der Waals surface area contributed by atoms with Crippen LogP contribution < -0.4 is 15.4 Å². The molecule has 2 N–H and O–H groups in total. The summed E-state index contributed by atoms with van der Waals surface area (Å²) in [5.74, 6) is 0.195. The Hall–Kier alpha value is -2.06. The normalized spacial score (nSPS) is 14.8. The monoisotopic (exact) mass is 245 g/mol. The second-order valence-corrected chi connectivity index (χ2v) is 4.89. The molecule has 0 atom stereocenters. The summed E-state index contributed by atoms with van der Waals surface area (Å²) in [6.45, 7) is 4.40. The van der Waals surface area contributed by atoms with Crippen molar-refractivity contribution in [3.05, 3.63) is 23.8 Å². The average Bonchev–Trinajstić information content (AvgIpc) is 2.38. The Bertz CT molecular complexity index is 532. The number of anilines is 1. The number of nitriles is 1. The number of hydrogen-bond acceptors (Lipinski definition) is 4. The van der Waals surface area contributed by atoms with Crippen molar-refractivity contribution in [3.8, 4) is 11.9 Å². The van der Waals surface area contributed by atoms with E-state index < -0.39 is 0 Å². The number of rotatable bonds is 2. The topological polar surface area (TPSA) is 79.4 Å². The van der Waals surface area contributed by atoms with Crippen LogP contribution in [-0.2, 0) is 10.2 Å². The average molecular weight is 245 g/mol. The van der Waals surface area contributed by atoms with Gasteiger partial charge in [0.2, 0.25) is 0 Å². The molecule has 1 aromatic carbocycles. The van der Waals surface area contributed by atoms with Crippen molar-refractivity contribution in [1.29, 1.82) is 5.26 Å². The smallest absolute Gasteiger partial charge is 0.278 e. The second kappa shape index (κ2) is 4.31.